The van der Waals surface area contributed by atoms with Crippen LogP contribution in [0.15, 0.2) is 66.7 Å². The molecule has 1 heterocycles. The van der Waals surface area contributed by atoms with Crippen molar-refractivity contribution in [2.75, 3.05) is 6.26 Å². The Morgan fingerprint density at radius 3 is 2.40 bits per heavy atom. The predicted octanol–water partition coefficient (Wildman–Crippen LogP) is 6.56. The summed E-state index contributed by atoms with van der Waals surface area (Å²) in [7, 11) is -3.61. The average Bonchev–Trinajstić information content (AvgIpc) is 3.03. The number of fused-ring (bicyclic) bond motifs is 1. The van der Waals surface area contributed by atoms with Crippen LogP contribution in [-0.2, 0) is 30.9 Å². The number of esters is 1. The van der Waals surface area contributed by atoms with E-state index in [0.717, 1.165) is 24.7 Å². The summed E-state index contributed by atoms with van der Waals surface area (Å²) in [4.78, 5) is 43.2. The summed E-state index contributed by atoms with van der Waals surface area (Å²) in [6.45, 7) is 7.08. The number of ether oxygens (including phenoxy) is 2. The van der Waals surface area contributed by atoms with Crippen molar-refractivity contribution in [1.29, 1.82) is 0 Å². The quantitative estimate of drug-likeness (QED) is 0.225. The Hall–Kier alpha value is -3.64. The summed E-state index contributed by atoms with van der Waals surface area (Å²) in [6.07, 6.45) is 2.89. The highest BCUT2D eigenvalue weighted by molar-refractivity contribution is 7.88. The van der Waals surface area contributed by atoms with Gasteiger partial charge >= 0.3 is 5.97 Å². The minimum Gasteiger partial charge on any atom is -0.479 e. The van der Waals surface area contributed by atoms with Crippen molar-refractivity contribution >= 4 is 51.0 Å². The highest BCUT2D eigenvalue weighted by Gasteiger charge is 2.49. The summed E-state index contributed by atoms with van der Waals surface area (Å²) in [5.74, 6) is -1.64. The van der Waals surface area contributed by atoms with Gasteiger partial charge in [0.1, 0.15) is 11.4 Å². The lowest BCUT2D eigenvalue weighted by Crippen LogP contribution is -2.59. The van der Waals surface area contributed by atoms with Gasteiger partial charge in [-0.25, -0.2) is 17.9 Å². The lowest BCUT2D eigenvalue weighted by atomic mass is 9.76. The van der Waals surface area contributed by atoms with E-state index in [2.05, 4.69) is 10.0 Å². The molecule has 4 unspecified atom stereocenters. The number of amides is 2. The lowest BCUT2D eigenvalue weighted by molar-refractivity contribution is -0.162. The van der Waals surface area contributed by atoms with E-state index in [4.69, 9.17) is 32.7 Å². The van der Waals surface area contributed by atoms with E-state index < -0.39 is 51.7 Å². The van der Waals surface area contributed by atoms with Gasteiger partial charge in [-0.15, -0.1) is 0 Å². The Labute approximate surface area is 303 Å². The number of carbonyl (C=O) groups is 3. The van der Waals surface area contributed by atoms with E-state index in [1.54, 1.807) is 93.3 Å². The zero-order valence-electron chi connectivity index (χ0n) is 28.7. The molecule has 1 aliphatic carbocycles. The van der Waals surface area contributed by atoms with Crippen LogP contribution >= 0.6 is 23.2 Å². The van der Waals surface area contributed by atoms with Crippen LogP contribution in [0.25, 0.3) is 0 Å². The third-order valence-corrected chi connectivity index (χ3v) is 10.1. The molecule has 0 aromatic heterocycles. The predicted molar refractivity (Wildman–Crippen MR) is 193 cm³/mol. The summed E-state index contributed by atoms with van der Waals surface area (Å²) >= 11 is 13.1. The van der Waals surface area contributed by atoms with Gasteiger partial charge in [0, 0.05) is 34.2 Å². The first-order chi connectivity index (χ1) is 23.5. The normalized spacial score (nSPS) is 21.6. The van der Waals surface area contributed by atoms with Crippen molar-refractivity contribution in [1.82, 2.24) is 14.9 Å². The molecule has 5 atom stereocenters. The number of rotatable bonds is 10. The molecule has 0 bridgehead atoms. The molecule has 0 saturated heterocycles. The van der Waals surface area contributed by atoms with Crippen molar-refractivity contribution in [3.8, 4) is 5.75 Å². The fraction of sp³-hybridized carbons (Fsp3) is 0.432. The molecular weight excluding hydrogens is 701 g/mol. The maximum absolute atomic E-state index is 14.5. The average molecular weight is 745 g/mol. The zero-order chi connectivity index (χ0) is 36.4. The van der Waals surface area contributed by atoms with Gasteiger partial charge in [-0.05, 0) is 87.6 Å². The largest absolute Gasteiger partial charge is 0.479 e. The van der Waals surface area contributed by atoms with Crippen molar-refractivity contribution in [3.05, 3.63) is 99.0 Å². The summed E-state index contributed by atoms with van der Waals surface area (Å²) in [6, 6.07) is 17.0. The number of hydrogen-bond donors (Lipinski definition) is 2. The SMILES string of the molecule is C[C@H](Oc1cccc(CNC(=O)C2c3ccccc3C(=O)N(C3CCCCC3NS(C)(=O)=O)C2c2ccc(Cl)cc2Cl)c1)C(=O)OC(C)(C)C. The standard InChI is InChI=1S/C37H43Cl2N3O7S/c1-22(36(45)49-37(2,3)4)48-25-12-10-11-23(19-25)21-40-34(43)32-26-13-6-7-14-27(26)35(44)42(33(32)28-18-17-24(38)20-29(28)39)31-16-9-8-15-30(31)41-50(5,46)47/h6-7,10-14,17-20,22,30-33,41H,8-9,15-16,21H2,1-5H3,(H,40,43)/t22-,30?,31?,32?,33?/m0/s1. The Balaban J connectivity index is 1.50. The molecular formula is C37H43Cl2N3O7S. The van der Waals surface area contributed by atoms with Crippen molar-refractivity contribution in [2.24, 2.45) is 0 Å². The third kappa shape index (κ3) is 8.98. The first kappa shape index (κ1) is 37.6. The lowest BCUT2D eigenvalue weighted by Gasteiger charge is -2.49. The molecule has 1 fully saturated rings. The van der Waals surface area contributed by atoms with Gasteiger partial charge in [0.15, 0.2) is 6.10 Å². The molecule has 10 nitrogen and oxygen atoms in total. The van der Waals surface area contributed by atoms with Gasteiger partial charge < -0.3 is 19.7 Å². The molecule has 3 aromatic rings. The van der Waals surface area contributed by atoms with E-state index in [9.17, 15) is 22.8 Å². The van der Waals surface area contributed by atoms with Crippen LogP contribution in [0.1, 0.15) is 92.4 Å². The van der Waals surface area contributed by atoms with E-state index >= 15 is 0 Å². The van der Waals surface area contributed by atoms with Crippen molar-refractivity contribution in [3.63, 3.8) is 0 Å². The molecule has 13 heteroatoms. The molecule has 0 spiro atoms. The Morgan fingerprint density at radius 2 is 1.70 bits per heavy atom. The van der Waals surface area contributed by atoms with Gasteiger partial charge in [-0.3, -0.25) is 9.59 Å². The van der Waals surface area contributed by atoms with Gasteiger partial charge in [0.05, 0.1) is 18.2 Å². The molecule has 2 N–H and O–H groups in total. The fourth-order valence-corrected chi connectivity index (χ4v) is 8.14. The third-order valence-electron chi connectivity index (χ3n) is 8.81. The zero-order valence-corrected chi connectivity index (χ0v) is 31.1. The van der Waals surface area contributed by atoms with E-state index in [-0.39, 0.29) is 23.4 Å². The number of halogens is 2. The second kappa shape index (κ2) is 15.3. The van der Waals surface area contributed by atoms with Crippen LogP contribution in [0.5, 0.6) is 5.75 Å². The minimum atomic E-state index is -3.61. The maximum Gasteiger partial charge on any atom is 0.347 e. The summed E-state index contributed by atoms with van der Waals surface area (Å²) in [5.41, 5.74) is 1.48. The van der Waals surface area contributed by atoms with Gasteiger partial charge in [0.25, 0.3) is 5.91 Å². The molecule has 1 saturated carbocycles. The highest BCUT2D eigenvalue weighted by atomic mass is 35.5. The van der Waals surface area contributed by atoms with Gasteiger partial charge in [-0.2, -0.15) is 0 Å². The van der Waals surface area contributed by atoms with Crippen LogP contribution in [-0.4, -0.2) is 61.1 Å². The monoisotopic (exact) mass is 743 g/mol. The molecule has 0 radical (unpaired) electrons. The summed E-state index contributed by atoms with van der Waals surface area (Å²) in [5, 5.41) is 3.73. The van der Waals surface area contributed by atoms with Gasteiger partial charge in [0.2, 0.25) is 15.9 Å². The van der Waals surface area contributed by atoms with Crippen molar-refractivity contribution in [2.45, 2.75) is 95.7 Å². The minimum absolute atomic E-state index is 0.117. The van der Waals surface area contributed by atoms with E-state index in [1.807, 2.05) is 6.07 Å². The van der Waals surface area contributed by atoms with Crippen LogP contribution in [0.3, 0.4) is 0 Å². The van der Waals surface area contributed by atoms with Crippen LogP contribution in [0.2, 0.25) is 10.0 Å². The first-order valence-corrected chi connectivity index (χ1v) is 19.3. The molecule has 5 rings (SSSR count). The number of nitrogens with zero attached hydrogens (tertiary/aromatic N) is 1. The Morgan fingerprint density at radius 1 is 0.980 bits per heavy atom. The molecule has 50 heavy (non-hydrogen) atoms. The maximum atomic E-state index is 14.5. The second-order valence-electron chi connectivity index (χ2n) is 13.9. The number of benzene rings is 3. The van der Waals surface area contributed by atoms with E-state index in [1.165, 1.54) is 0 Å². The van der Waals surface area contributed by atoms with Crippen molar-refractivity contribution < 1.29 is 32.3 Å². The van der Waals surface area contributed by atoms with Gasteiger partial charge in [-0.1, -0.05) is 72.4 Å². The molecule has 268 valence electrons. The van der Waals surface area contributed by atoms with Crippen LogP contribution in [0, 0.1) is 0 Å². The number of carbonyl (C=O) groups excluding carboxylic acids is 3. The van der Waals surface area contributed by atoms with Crippen LogP contribution in [0.4, 0.5) is 0 Å². The van der Waals surface area contributed by atoms with E-state index in [0.29, 0.717) is 40.3 Å². The second-order valence-corrected chi connectivity index (χ2v) is 16.5. The first-order valence-electron chi connectivity index (χ1n) is 16.6. The molecule has 2 amide bonds. The highest BCUT2D eigenvalue weighted by Crippen LogP contribution is 2.48. The smallest absolute Gasteiger partial charge is 0.347 e. The Bertz CT molecular complexity index is 1860. The Kier molecular flexibility index (Phi) is 11.5. The number of nitrogens with one attached hydrogen (secondary N) is 2. The van der Waals surface area contributed by atoms with Crippen LogP contribution < -0.4 is 14.8 Å². The topological polar surface area (TPSA) is 131 Å². The molecule has 2 aliphatic rings. The summed E-state index contributed by atoms with van der Waals surface area (Å²) < 4.78 is 39.0. The number of hydrogen-bond acceptors (Lipinski definition) is 7. The molecule has 3 aromatic carbocycles. The number of sulfonamides is 1. The molecule has 1 aliphatic heterocycles. The fourth-order valence-electron chi connectivity index (χ4n) is 6.79.